The smallest absolute Gasteiger partial charge is 0.280 e. The molecule has 0 unspecified atom stereocenters. The zero-order valence-electron chi connectivity index (χ0n) is 16.7. The van der Waals surface area contributed by atoms with E-state index in [1.165, 1.54) is 6.08 Å². The lowest BCUT2D eigenvalue weighted by Crippen LogP contribution is -2.25. The second-order valence-corrected chi connectivity index (χ2v) is 8.47. The molecule has 31 heavy (non-hydrogen) atoms. The van der Waals surface area contributed by atoms with Crippen LogP contribution in [0.3, 0.4) is 0 Å². The zero-order chi connectivity index (χ0) is 22.5. The van der Waals surface area contributed by atoms with Crippen LogP contribution in [0.5, 0.6) is 5.75 Å². The lowest BCUT2D eigenvalue weighted by Gasteiger charge is -2.11. The summed E-state index contributed by atoms with van der Waals surface area (Å²) in [5.74, 6) is 0.114. The Morgan fingerprint density at radius 1 is 1.16 bits per heavy atom. The summed E-state index contributed by atoms with van der Waals surface area (Å²) in [7, 11) is 0. The Kier molecular flexibility index (Phi) is 7.45. The summed E-state index contributed by atoms with van der Waals surface area (Å²) < 4.78 is 8.15. The summed E-state index contributed by atoms with van der Waals surface area (Å²) in [6.07, 6.45) is 1.52. The Labute approximate surface area is 198 Å². The fourth-order valence-electron chi connectivity index (χ4n) is 2.84. The monoisotopic (exact) mass is 517 g/mol. The molecule has 2 aromatic carbocycles. The molecule has 5 nitrogen and oxygen atoms in total. The number of halogens is 3. The van der Waals surface area contributed by atoms with E-state index < -0.39 is 5.91 Å². The Hall–Kier alpha value is -2.72. The van der Waals surface area contributed by atoms with E-state index in [0.29, 0.717) is 25.8 Å². The van der Waals surface area contributed by atoms with Gasteiger partial charge < -0.3 is 4.74 Å². The molecule has 1 aromatic heterocycles. The molecule has 158 valence electrons. The number of nitrogens with one attached hydrogen (secondary N) is 1. The highest BCUT2D eigenvalue weighted by molar-refractivity contribution is 9.10. The van der Waals surface area contributed by atoms with Crippen molar-refractivity contribution in [3.05, 3.63) is 91.1 Å². The predicted octanol–water partition coefficient (Wildman–Crippen LogP) is 6.43. The van der Waals surface area contributed by atoms with Gasteiger partial charge in [0.25, 0.3) is 5.91 Å². The van der Waals surface area contributed by atoms with Crippen molar-refractivity contribution >= 4 is 51.1 Å². The Morgan fingerprint density at radius 2 is 1.87 bits per heavy atom. The van der Waals surface area contributed by atoms with Crippen molar-refractivity contribution in [2.24, 2.45) is 0 Å². The first-order valence-electron chi connectivity index (χ1n) is 9.23. The number of hydrogen-bond donors (Lipinski definition) is 1. The van der Waals surface area contributed by atoms with Crippen LogP contribution in [0.15, 0.2) is 58.6 Å². The van der Waals surface area contributed by atoms with Crippen LogP contribution in [0.25, 0.3) is 6.08 Å². The molecule has 1 heterocycles. The number of hydrogen-bond acceptors (Lipinski definition) is 3. The van der Waals surface area contributed by atoms with Crippen LogP contribution < -0.4 is 10.2 Å². The first-order valence-corrected chi connectivity index (χ1v) is 10.8. The molecule has 1 amide bonds. The Balaban J connectivity index is 1.73. The van der Waals surface area contributed by atoms with E-state index in [9.17, 15) is 10.1 Å². The maximum atomic E-state index is 12.5. The molecule has 0 saturated carbocycles. The average molecular weight is 519 g/mol. The highest BCUT2D eigenvalue weighted by Crippen LogP contribution is 2.29. The molecule has 0 bridgehead atoms. The van der Waals surface area contributed by atoms with Crippen LogP contribution in [0, 0.1) is 25.2 Å². The summed E-state index contributed by atoms with van der Waals surface area (Å²) in [6, 6.07) is 16.2. The van der Waals surface area contributed by atoms with Gasteiger partial charge in [0.05, 0.1) is 4.47 Å². The van der Waals surface area contributed by atoms with Gasteiger partial charge in [0.1, 0.15) is 24.0 Å². The van der Waals surface area contributed by atoms with E-state index in [1.807, 2.05) is 38.1 Å². The van der Waals surface area contributed by atoms with Crippen LogP contribution >= 0.6 is 39.1 Å². The van der Waals surface area contributed by atoms with Crippen molar-refractivity contribution in [1.29, 1.82) is 5.26 Å². The molecule has 0 fully saturated rings. The minimum atomic E-state index is -0.487. The van der Waals surface area contributed by atoms with Crippen molar-refractivity contribution in [1.82, 2.24) is 4.68 Å². The fourth-order valence-corrected chi connectivity index (χ4v) is 3.81. The summed E-state index contributed by atoms with van der Waals surface area (Å²) in [4.78, 5) is 12.5. The predicted molar refractivity (Wildman–Crippen MR) is 127 cm³/mol. The van der Waals surface area contributed by atoms with E-state index in [-0.39, 0.29) is 12.2 Å². The van der Waals surface area contributed by atoms with Gasteiger partial charge in [0, 0.05) is 27.0 Å². The standard InChI is InChI=1S/C23H18BrCl2N3O2/c1-14-3-4-15(2)29(14)28-23(30)18(12-27)9-16-5-8-22(20(24)10-16)31-13-17-6-7-19(25)11-21(17)26/h3-11H,13H2,1-2H3,(H,28,30)/b18-9-. The average Bonchev–Trinajstić information content (AvgIpc) is 3.04. The largest absolute Gasteiger partial charge is 0.488 e. The molecule has 0 spiro atoms. The second kappa shape index (κ2) is 10.1. The Morgan fingerprint density at radius 3 is 2.48 bits per heavy atom. The Bertz CT molecular complexity index is 1190. The molecule has 1 N–H and O–H groups in total. The molecule has 0 atom stereocenters. The molecular weight excluding hydrogens is 501 g/mol. The number of ether oxygens (including phenoxy) is 1. The molecule has 0 aliphatic carbocycles. The molecule has 0 aliphatic heterocycles. The number of nitriles is 1. The van der Waals surface area contributed by atoms with Gasteiger partial charge in [-0.1, -0.05) is 35.3 Å². The SMILES string of the molecule is Cc1ccc(C)n1NC(=O)/C(C#N)=C\c1ccc(OCc2ccc(Cl)cc2Cl)c(Br)c1. The highest BCUT2D eigenvalue weighted by Gasteiger charge is 2.12. The molecule has 0 aliphatic rings. The molecule has 3 rings (SSSR count). The third-order valence-corrected chi connectivity index (χ3v) is 5.72. The van der Waals surface area contributed by atoms with Crippen molar-refractivity contribution < 1.29 is 9.53 Å². The highest BCUT2D eigenvalue weighted by atomic mass is 79.9. The topological polar surface area (TPSA) is 67.0 Å². The molecule has 3 aromatic rings. The maximum absolute atomic E-state index is 12.5. The van der Waals surface area contributed by atoms with Gasteiger partial charge >= 0.3 is 0 Å². The van der Waals surface area contributed by atoms with E-state index in [2.05, 4.69) is 21.4 Å². The van der Waals surface area contributed by atoms with Gasteiger partial charge in [0.15, 0.2) is 0 Å². The second-order valence-electron chi connectivity index (χ2n) is 6.78. The summed E-state index contributed by atoms with van der Waals surface area (Å²) in [5.41, 5.74) is 5.94. The lowest BCUT2D eigenvalue weighted by atomic mass is 10.1. The minimum absolute atomic E-state index is 0.0129. The third kappa shape index (κ3) is 5.71. The number of aromatic nitrogens is 1. The van der Waals surface area contributed by atoms with Crippen LogP contribution in [0.2, 0.25) is 10.0 Å². The molecule has 8 heteroatoms. The van der Waals surface area contributed by atoms with Crippen molar-refractivity contribution in [2.75, 3.05) is 5.43 Å². The van der Waals surface area contributed by atoms with Crippen LogP contribution in [-0.4, -0.2) is 10.6 Å². The lowest BCUT2D eigenvalue weighted by molar-refractivity contribution is -0.113. The van der Waals surface area contributed by atoms with Crippen LogP contribution in [0.4, 0.5) is 0 Å². The number of aryl methyl sites for hydroxylation is 2. The van der Waals surface area contributed by atoms with Crippen LogP contribution in [-0.2, 0) is 11.4 Å². The molecule has 0 radical (unpaired) electrons. The normalized spacial score (nSPS) is 11.2. The number of benzene rings is 2. The van der Waals surface area contributed by atoms with Gasteiger partial charge in [-0.25, -0.2) is 0 Å². The van der Waals surface area contributed by atoms with E-state index in [1.54, 1.807) is 35.0 Å². The van der Waals surface area contributed by atoms with Crippen molar-refractivity contribution in [3.63, 3.8) is 0 Å². The summed E-state index contributed by atoms with van der Waals surface area (Å²) in [6.45, 7) is 4.01. The number of carbonyl (C=O) groups is 1. The van der Waals surface area contributed by atoms with Crippen LogP contribution in [0.1, 0.15) is 22.5 Å². The fraction of sp³-hybridized carbons (Fsp3) is 0.130. The van der Waals surface area contributed by atoms with Crippen molar-refractivity contribution in [3.8, 4) is 11.8 Å². The van der Waals surface area contributed by atoms with E-state index >= 15 is 0 Å². The quantitative estimate of drug-likeness (QED) is 0.302. The summed E-state index contributed by atoms with van der Waals surface area (Å²) >= 11 is 15.6. The number of rotatable bonds is 6. The number of carbonyl (C=O) groups excluding carboxylic acids is 1. The third-order valence-electron chi connectivity index (χ3n) is 4.51. The van der Waals surface area contributed by atoms with Gasteiger partial charge in [-0.3, -0.25) is 14.9 Å². The molecule has 0 saturated heterocycles. The van der Waals surface area contributed by atoms with Crippen molar-refractivity contribution in [2.45, 2.75) is 20.5 Å². The first-order chi connectivity index (χ1) is 14.8. The number of amides is 1. The zero-order valence-corrected chi connectivity index (χ0v) is 19.8. The summed E-state index contributed by atoms with van der Waals surface area (Å²) in [5, 5.41) is 10.5. The van der Waals surface area contributed by atoms with Gasteiger partial charge in [-0.2, -0.15) is 5.26 Å². The number of nitrogens with zero attached hydrogens (tertiary/aromatic N) is 2. The van der Waals surface area contributed by atoms with Gasteiger partial charge in [0.2, 0.25) is 0 Å². The van der Waals surface area contributed by atoms with E-state index in [0.717, 1.165) is 17.0 Å². The maximum Gasteiger partial charge on any atom is 0.280 e. The van der Waals surface area contributed by atoms with Gasteiger partial charge in [-0.15, -0.1) is 0 Å². The van der Waals surface area contributed by atoms with Gasteiger partial charge in [-0.05, 0) is 77.8 Å². The minimum Gasteiger partial charge on any atom is -0.488 e. The van der Waals surface area contributed by atoms with E-state index in [4.69, 9.17) is 27.9 Å². The molecular formula is C23H18BrCl2N3O2. The first kappa shape index (κ1) is 23.0.